The molecule has 0 saturated heterocycles. The molecule has 0 atom stereocenters. The van der Waals surface area contributed by atoms with E-state index < -0.39 is 0 Å². The first kappa shape index (κ1) is 12.2. The van der Waals surface area contributed by atoms with Crippen LogP contribution in [0.4, 0.5) is 0 Å². The van der Waals surface area contributed by atoms with Gasteiger partial charge < -0.3 is 4.42 Å². The minimum Gasteiger partial charge on any atom is -0.456 e. The van der Waals surface area contributed by atoms with Crippen molar-refractivity contribution in [2.24, 2.45) is 0 Å². The molecule has 0 aliphatic rings. The van der Waals surface area contributed by atoms with Gasteiger partial charge in [-0.25, -0.2) is 0 Å². The van der Waals surface area contributed by atoms with E-state index in [1.807, 2.05) is 6.07 Å². The van der Waals surface area contributed by atoms with Gasteiger partial charge in [-0.05, 0) is 42.7 Å². The van der Waals surface area contributed by atoms with Crippen LogP contribution in [-0.2, 0) is 6.42 Å². The average Bonchev–Trinajstić information content (AvgIpc) is 2.85. The van der Waals surface area contributed by atoms with Gasteiger partial charge in [0.15, 0.2) is 0 Å². The molecule has 0 saturated carbocycles. The predicted octanol–water partition coefficient (Wildman–Crippen LogP) is 5.49. The van der Waals surface area contributed by atoms with Gasteiger partial charge in [-0.15, -0.1) is 0 Å². The van der Waals surface area contributed by atoms with E-state index in [0.29, 0.717) is 0 Å². The molecule has 4 rings (SSSR count). The number of fused-ring (bicyclic) bond motifs is 3. The molecule has 3 aromatic carbocycles. The van der Waals surface area contributed by atoms with Crippen LogP contribution in [0.15, 0.2) is 71.1 Å². The third kappa shape index (κ3) is 2.21. The van der Waals surface area contributed by atoms with Crippen LogP contribution in [-0.4, -0.2) is 0 Å². The molecule has 0 amide bonds. The largest absolute Gasteiger partial charge is 0.456 e. The highest BCUT2D eigenvalue weighted by Gasteiger charge is 2.07. The highest BCUT2D eigenvalue weighted by atomic mass is 16.3. The van der Waals surface area contributed by atoms with Crippen molar-refractivity contribution in [3.8, 4) is 0 Å². The smallest absolute Gasteiger partial charge is 0.135 e. The molecule has 0 spiro atoms. The van der Waals surface area contributed by atoms with Crippen molar-refractivity contribution in [3.63, 3.8) is 0 Å². The van der Waals surface area contributed by atoms with Crippen molar-refractivity contribution >= 4 is 21.9 Å². The fourth-order valence-corrected chi connectivity index (χ4v) is 2.88. The lowest BCUT2D eigenvalue weighted by atomic mass is 10.0. The molecule has 4 aromatic rings. The van der Waals surface area contributed by atoms with Gasteiger partial charge in [0.2, 0.25) is 0 Å². The Bertz CT molecular complexity index is 917. The van der Waals surface area contributed by atoms with E-state index in [1.54, 1.807) is 0 Å². The Hall–Kier alpha value is -2.54. The topological polar surface area (TPSA) is 13.1 Å². The normalized spacial score (nSPS) is 11.3. The summed E-state index contributed by atoms with van der Waals surface area (Å²) in [5.41, 5.74) is 5.81. The molecule has 1 heterocycles. The highest BCUT2D eigenvalue weighted by molar-refractivity contribution is 6.05. The van der Waals surface area contributed by atoms with Gasteiger partial charge in [-0.1, -0.05) is 54.1 Å². The highest BCUT2D eigenvalue weighted by Crippen LogP contribution is 2.30. The van der Waals surface area contributed by atoms with Gasteiger partial charge in [0.25, 0.3) is 0 Å². The maximum absolute atomic E-state index is 5.99. The minimum atomic E-state index is 0.937. The maximum atomic E-state index is 5.99. The number of hydrogen-bond acceptors (Lipinski definition) is 1. The number of benzene rings is 3. The molecule has 1 aromatic heterocycles. The Morgan fingerprint density at radius 2 is 1.57 bits per heavy atom. The summed E-state index contributed by atoms with van der Waals surface area (Å²) in [6.07, 6.45) is 0.937. The number of rotatable bonds is 2. The second-order valence-electron chi connectivity index (χ2n) is 5.59. The standard InChI is InChI=1S/C20H16O/c1-14-7-10-19-18(11-14)17-9-8-16(13-20(17)21-19)12-15-5-3-2-4-6-15/h2-11,13H,12H2,1H3. The molecule has 0 radical (unpaired) electrons. The van der Waals surface area contributed by atoms with E-state index in [0.717, 1.165) is 17.6 Å². The second-order valence-corrected chi connectivity index (χ2v) is 5.59. The summed E-state index contributed by atoms with van der Waals surface area (Å²) in [6, 6.07) is 23.4. The van der Waals surface area contributed by atoms with Crippen molar-refractivity contribution < 1.29 is 4.42 Å². The van der Waals surface area contributed by atoms with E-state index in [4.69, 9.17) is 4.42 Å². The van der Waals surface area contributed by atoms with Crippen molar-refractivity contribution in [2.45, 2.75) is 13.3 Å². The van der Waals surface area contributed by atoms with Crippen LogP contribution in [0.25, 0.3) is 21.9 Å². The van der Waals surface area contributed by atoms with E-state index in [2.05, 4.69) is 67.6 Å². The van der Waals surface area contributed by atoms with E-state index in [-0.39, 0.29) is 0 Å². The molecule has 1 nitrogen and oxygen atoms in total. The first-order chi connectivity index (χ1) is 10.3. The fourth-order valence-electron chi connectivity index (χ4n) is 2.88. The van der Waals surface area contributed by atoms with Gasteiger partial charge in [0.05, 0.1) is 0 Å². The van der Waals surface area contributed by atoms with Crippen LogP contribution in [0.2, 0.25) is 0 Å². The van der Waals surface area contributed by atoms with Crippen molar-refractivity contribution in [3.05, 3.63) is 83.4 Å². The lowest BCUT2D eigenvalue weighted by Crippen LogP contribution is -1.86. The quantitative estimate of drug-likeness (QED) is 0.470. The van der Waals surface area contributed by atoms with E-state index in [9.17, 15) is 0 Å². The zero-order valence-electron chi connectivity index (χ0n) is 12.0. The van der Waals surface area contributed by atoms with Crippen LogP contribution in [0, 0.1) is 6.92 Å². The third-order valence-electron chi connectivity index (χ3n) is 3.94. The SMILES string of the molecule is Cc1ccc2oc3cc(Cc4ccccc4)ccc3c2c1. The Labute approximate surface area is 123 Å². The Morgan fingerprint density at radius 3 is 2.43 bits per heavy atom. The van der Waals surface area contributed by atoms with Gasteiger partial charge in [-0.3, -0.25) is 0 Å². The van der Waals surface area contributed by atoms with Crippen LogP contribution in [0.1, 0.15) is 16.7 Å². The molecule has 0 aliphatic carbocycles. The summed E-state index contributed by atoms with van der Waals surface area (Å²) < 4.78 is 5.99. The van der Waals surface area contributed by atoms with Crippen LogP contribution in [0.5, 0.6) is 0 Å². The van der Waals surface area contributed by atoms with Gasteiger partial charge >= 0.3 is 0 Å². The van der Waals surface area contributed by atoms with Crippen molar-refractivity contribution in [1.29, 1.82) is 0 Å². The third-order valence-corrected chi connectivity index (χ3v) is 3.94. The summed E-state index contributed by atoms with van der Waals surface area (Å²) in [6.45, 7) is 2.11. The van der Waals surface area contributed by atoms with E-state index in [1.165, 1.54) is 27.5 Å². The minimum absolute atomic E-state index is 0.937. The van der Waals surface area contributed by atoms with E-state index >= 15 is 0 Å². The maximum Gasteiger partial charge on any atom is 0.135 e. The molecule has 0 fully saturated rings. The van der Waals surface area contributed by atoms with Gasteiger partial charge in [-0.2, -0.15) is 0 Å². The molecule has 0 N–H and O–H groups in total. The fraction of sp³-hybridized carbons (Fsp3) is 0.100. The first-order valence-electron chi connectivity index (χ1n) is 7.25. The number of aryl methyl sites for hydroxylation is 1. The molecule has 0 bridgehead atoms. The summed E-state index contributed by atoms with van der Waals surface area (Å²) in [5, 5.41) is 2.40. The summed E-state index contributed by atoms with van der Waals surface area (Å²) in [5.74, 6) is 0. The lowest BCUT2D eigenvalue weighted by molar-refractivity contribution is 0.668. The van der Waals surface area contributed by atoms with Crippen molar-refractivity contribution in [2.75, 3.05) is 0 Å². The van der Waals surface area contributed by atoms with Crippen LogP contribution >= 0.6 is 0 Å². The second kappa shape index (κ2) is 4.78. The number of furan rings is 1. The van der Waals surface area contributed by atoms with Gasteiger partial charge in [0, 0.05) is 10.8 Å². The summed E-state index contributed by atoms with van der Waals surface area (Å²) >= 11 is 0. The molecule has 102 valence electrons. The zero-order chi connectivity index (χ0) is 14.2. The monoisotopic (exact) mass is 272 g/mol. The van der Waals surface area contributed by atoms with Crippen LogP contribution < -0.4 is 0 Å². The summed E-state index contributed by atoms with van der Waals surface area (Å²) in [7, 11) is 0. The Kier molecular flexibility index (Phi) is 2.78. The summed E-state index contributed by atoms with van der Waals surface area (Å²) in [4.78, 5) is 0. The number of hydrogen-bond donors (Lipinski definition) is 0. The lowest BCUT2D eigenvalue weighted by Gasteiger charge is -2.01. The molecular weight excluding hydrogens is 256 g/mol. The molecule has 0 unspecified atom stereocenters. The Morgan fingerprint density at radius 1 is 0.714 bits per heavy atom. The average molecular weight is 272 g/mol. The molecule has 0 aliphatic heterocycles. The molecule has 21 heavy (non-hydrogen) atoms. The van der Waals surface area contributed by atoms with Crippen LogP contribution in [0.3, 0.4) is 0 Å². The zero-order valence-corrected chi connectivity index (χ0v) is 12.0. The Balaban J connectivity index is 1.81. The molecular formula is C20H16O. The molecule has 1 heteroatoms. The first-order valence-corrected chi connectivity index (χ1v) is 7.25. The predicted molar refractivity (Wildman–Crippen MR) is 87.7 cm³/mol. The van der Waals surface area contributed by atoms with Crippen molar-refractivity contribution in [1.82, 2.24) is 0 Å². The van der Waals surface area contributed by atoms with Gasteiger partial charge in [0.1, 0.15) is 11.2 Å².